The number of rotatable bonds is 4. The van der Waals surface area contributed by atoms with Gasteiger partial charge in [-0.25, -0.2) is 13.8 Å². The van der Waals surface area contributed by atoms with Crippen molar-refractivity contribution in [2.75, 3.05) is 5.32 Å². The summed E-state index contributed by atoms with van der Waals surface area (Å²) in [5, 5.41) is 4.85. The zero-order valence-corrected chi connectivity index (χ0v) is 12.6. The van der Waals surface area contributed by atoms with E-state index in [1.807, 2.05) is 6.07 Å². The highest BCUT2D eigenvalue weighted by atomic mass is 32.1. The minimum Gasteiger partial charge on any atom is -0.323 e. The van der Waals surface area contributed by atoms with Crippen molar-refractivity contribution in [3.63, 3.8) is 0 Å². The van der Waals surface area contributed by atoms with Gasteiger partial charge in [0, 0.05) is 29.4 Å². The van der Waals surface area contributed by atoms with Crippen LogP contribution < -0.4 is 5.32 Å². The van der Waals surface area contributed by atoms with Gasteiger partial charge in [0.15, 0.2) is 0 Å². The highest BCUT2D eigenvalue weighted by Gasteiger charge is 2.12. The summed E-state index contributed by atoms with van der Waals surface area (Å²) in [6.07, 6.45) is 3.33. The summed E-state index contributed by atoms with van der Waals surface area (Å²) < 4.78 is 26.6. The Bertz CT molecular complexity index is 836. The molecule has 0 aliphatic carbocycles. The standard InChI is InChI=1S/C16H11F2N3OS/c17-11-3-4-13(18)14(6-11)21-15(22)7-12-9-23-16(20-12)10-2-1-5-19-8-10/h1-6,8-9H,7H2,(H,21,22). The molecule has 3 aromatic rings. The third-order valence-electron chi connectivity index (χ3n) is 3.00. The molecule has 0 bridgehead atoms. The smallest absolute Gasteiger partial charge is 0.230 e. The Balaban J connectivity index is 1.69. The Morgan fingerprint density at radius 1 is 1.26 bits per heavy atom. The zero-order chi connectivity index (χ0) is 16.2. The summed E-state index contributed by atoms with van der Waals surface area (Å²) in [6.45, 7) is 0. The summed E-state index contributed by atoms with van der Waals surface area (Å²) in [5.41, 5.74) is 1.24. The van der Waals surface area contributed by atoms with Crippen molar-refractivity contribution < 1.29 is 13.6 Å². The summed E-state index contributed by atoms with van der Waals surface area (Å²) in [4.78, 5) is 20.3. The molecule has 2 aromatic heterocycles. The van der Waals surface area contributed by atoms with Crippen LogP contribution in [0.25, 0.3) is 10.6 Å². The summed E-state index contributed by atoms with van der Waals surface area (Å²) >= 11 is 1.39. The van der Waals surface area contributed by atoms with Crippen LogP contribution in [-0.4, -0.2) is 15.9 Å². The van der Waals surface area contributed by atoms with Crippen molar-refractivity contribution in [1.82, 2.24) is 9.97 Å². The number of nitrogens with zero attached hydrogens (tertiary/aromatic N) is 2. The Labute approximate surface area is 134 Å². The lowest BCUT2D eigenvalue weighted by Crippen LogP contribution is -2.15. The monoisotopic (exact) mass is 331 g/mol. The molecule has 3 rings (SSSR count). The van der Waals surface area contributed by atoms with E-state index in [9.17, 15) is 13.6 Å². The van der Waals surface area contributed by atoms with Gasteiger partial charge in [-0.2, -0.15) is 0 Å². The molecule has 1 N–H and O–H groups in total. The predicted octanol–water partition coefficient (Wildman–Crippen LogP) is 3.66. The Hall–Kier alpha value is -2.67. The van der Waals surface area contributed by atoms with E-state index < -0.39 is 17.5 Å². The van der Waals surface area contributed by atoms with Crippen LogP contribution in [0.2, 0.25) is 0 Å². The average Bonchev–Trinajstić information content (AvgIpc) is 3.00. The Morgan fingerprint density at radius 2 is 2.13 bits per heavy atom. The van der Waals surface area contributed by atoms with Crippen LogP contribution in [0.4, 0.5) is 14.5 Å². The molecule has 1 amide bonds. The van der Waals surface area contributed by atoms with Crippen molar-refractivity contribution in [2.45, 2.75) is 6.42 Å². The first-order chi connectivity index (χ1) is 11.1. The molecule has 0 fully saturated rings. The van der Waals surface area contributed by atoms with E-state index in [4.69, 9.17) is 0 Å². The number of carbonyl (C=O) groups excluding carboxylic acids is 1. The second-order valence-corrected chi connectivity index (χ2v) is 5.59. The number of nitrogens with one attached hydrogen (secondary N) is 1. The number of hydrogen-bond acceptors (Lipinski definition) is 4. The highest BCUT2D eigenvalue weighted by molar-refractivity contribution is 7.13. The van der Waals surface area contributed by atoms with Crippen LogP contribution >= 0.6 is 11.3 Å². The van der Waals surface area contributed by atoms with E-state index in [2.05, 4.69) is 15.3 Å². The molecule has 0 saturated heterocycles. The van der Waals surface area contributed by atoms with Crippen molar-refractivity contribution in [3.8, 4) is 10.6 Å². The van der Waals surface area contributed by atoms with E-state index in [0.29, 0.717) is 5.69 Å². The zero-order valence-electron chi connectivity index (χ0n) is 11.8. The fourth-order valence-corrected chi connectivity index (χ4v) is 2.77. The molecule has 2 heterocycles. The second-order valence-electron chi connectivity index (χ2n) is 4.73. The summed E-state index contributed by atoms with van der Waals surface area (Å²) in [5.74, 6) is -1.76. The van der Waals surface area contributed by atoms with Crippen LogP contribution in [0, 0.1) is 11.6 Å². The van der Waals surface area contributed by atoms with E-state index in [1.54, 1.807) is 23.8 Å². The van der Waals surface area contributed by atoms with Crippen molar-refractivity contribution >= 4 is 22.9 Å². The van der Waals surface area contributed by atoms with Gasteiger partial charge < -0.3 is 5.32 Å². The van der Waals surface area contributed by atoms with Gasteiger partial charge in [-0.15, -0.1) is 11.3 Å². The molecule has 23 heavy (non-hydrogen) atoms. The van der Waals surface area contributed by atoms with Gasteiger partial charge in [-0.1, -0.05) is 0 Å². The van der Waals surface area contributed by atoms with Gasteiger partial charge >= 0.3 is 0 Å². The second kappa shape index (κ2) is 6.62. The number of thiazole rings is 1. The van der Waals surface area contributed by atoms with Crippen LogP contribution in [0.3, 0.4) is 0 Å². The first-order valence-corrected chi connectivity index (χ1v) is 7.59. The Morgan fingerprint density at radius 3 is 2.91 bits per heavy atom. The minimum atomic E-state index is -0.686. The summed E-state index contributed by atoms with van der Waals surface area (Å²) in [6, 6.07) is 6.57. The number of halogens is 2. The van der Waals surface area contributed by atoms with Crippen LogP contribution in [-0.2, 0) is 11.2 Å². The van der Waals surface area contributed by atoms with Gasteiger partial charge in [0.2, 0.25) is 5.91 Å². The molecule has 0 unspecified atom stereocenters. The van der Waals surface area contributed by atoms with Gasteiger partial charge in [0.25, 0.3) is 0 Å². The quantitative estimate of drug-likeness (QED) is 0.794. The van der Waals surface area contributed by atoms with Gasteiger partial charge in [0.05, 0.1) is 17.8 Å². The number of pyridine rings is 1. The molecule has 4 nitrogen and oxygen atoms in total. The normalized spacial score (nSPS) is 10.5. The number of aromatic nitrogens is 2. The number of hydrogen-bond donors (Lipinski definition) is 1. The number of benzene rings is 1. The minimum absolute atomic E-state index is 0.0211. The molecule has 7 heteroatoms. The van der Waals surface area contributed by atoms with Crippen molar-refractivity contribution in [1.29, 1.82) is 0 Å². The molecular formula is C16H11F2N3OS. The lowest BCUT2D eigenvalue weighted by atomic mass is 10.2. The van der Waals surface area contributed by atoms with Crippen LogP contribution in [0.5, 0.6) is 0 Å². The molecule has 0 atom stereocenters. The van der Waals surface area contributed by atoms with Gasteiger partial charge in [-0.3, -0.25) is 9.78 Å². The third kappa shape index (κ3) is 3.75. The molecule has 1 aromatic carbocycles. The molecule has 0 aliphatic heterocycles. The lowest BCUT2D eigenvalue weighted by molar-refractivity contribution is -0.115. The molecule has 0 saturated carbocycles. The Kier molecular flexibility index (Phi) is 4.38. The van der Waals surface area contributed by atoms with E-state index in [1.165, 1.54) is 11.3 Å². The lowest BCUT2D eigenvalue weighted by Gasteiger charge is -2.05. The van der Waals surface area contributed by atoms with E-state index >= 15 is 0 Å². The number of anilines is 1. The van der Waals surface area contributed by atoms with Crippen LogP contribution in [0.15, 0.2) is 48.1 Å². The third-order valence-corrected chi connectivity index (χ3v) is 3.94. The fraction of sp³-hybridized carbons (Fsp3) is 0.0625. The predicted molar refractivity (Wildman–Crippen MR) is 84.0 cm³/mol. The molecule has 0 radical (unpaired) electrons. The molecule has 0 spiro atoms. The molecule has 116 valence electrons. The topological polar surface area (TPSA) is 54.9 Å². The van der Waals surface area contributed by atoms with Gasteiger partial charge in [0.1, 0.15) is 16.6 Å². The fourth-order valence-electron chi connectivity index (χ4n) is 1.96. The molecule has 0 aliphatic rings. The molecular weight excluding hydrogens is 320 g/mol. The first-order valence-electron chi connectivity index (χ1n) is 6.71. The van der Waals surface area contributed by atoms with Crippen molar-refractivity contribution in [2.24, 2.45) is 0 Å². The summed E-state index contributed by atoms with van der Waals surface area (Å²) in [7, 11) is 0. The average molecular weight is 331 g/mol. The van der Waals surface area contributed by atoms with E-state index in [-0.39, 0.29) is 12.1 Å². The van der Waals surface area contributed by atoms with E-state index in [0.717, 1.165) is 28.8 Å². The maximum atomic E-state index is 13.5. The number of carbonyl (C=O) groups is 1. The first kappa shape index (κ1) is 15.2. The largest absolute Gasteiger partial charge is 0.323 e. The SMILES string of the molecule is O=C(Cc1csc(-c2cccnc2)n1)Nc1cc(F)ccc1F. The van der Waals surface area contributed by atoms with Crippen LogP contribution in [0.1, 0.15) is 5.69 Å². The maximum absolute atomic E-state index is 13.5. The number of amides is 1. The maximum Gasteiger partial charge on any atom is 0.230 e. The van der Waals surface area contributed by atoms with Crippen molar-refractivity contribution in [3.05, 3.63) is 65.4 Å². The highest BCUT2D eigenvalue weighted by Crippen LogP contribution is 2.23. The van der Waals surface area contributed by atoms with Gasteiger partial charge in [-0.05, 0) is 24.3 Å².